The largest absolute Gasteiger partial charge is 0.487 e. The first-order chi connectivity index (χ1) is 10.1. The van der Waals surface area contributed by atoms with Crippen LogP contribution < -0.4 is 15.0 Å². The van der Waals surface area contributed by atoms with Gasteiger partial charge in [0.05, 0.1) is 6.10 Å². The van der Waals surface area contributed by atoms with Crippen molar-refractivity contribution in [3.05, 3.63) is 18.3 Å². The molecule has 1 aromatic heterocycles. The predicted molar refractivity (Wildman–Crippen MR) is 88.1 cm³/mol. The maximum atomic E-state index is 5.90. The second-order valence-electron chi connectivity index (χ2n) is 6.17. The van der Waals surface area contributed by atoms with Crippen LogP contribution in [-0.4, -0.2) is 36.8 Å². The van der Waals surface area contributed by atoms with Gasteiger partial charge in [-0.2, -0.15) is 0 Å². The third-order valence-electron chi connectivity index (χ3n) is 4.18. The summed E-state index contributed by atoms with van der Waals surface area (Å²) in [6, 6.07) is 5.21. The molecule has 118 valence electrons. The standard InChI is InChI=1S/C17H29N3O/c1-5-18-14-8-10-15(11-9-14)20(4)17-16(21-13(2)3)7-6-12-19-17/h6-7,12-15,18H,5,8-11H2,1-4H3. The highest BCUT2D eigenvalue weighted by Gasteiger charge is 2.25. The van der Waals surface area contributed by atoms with Gasteiger partial charge in [-0.25, -0.2) is 4.98 Å². The van der Waals surface area contributed by atoms with E-state index in [0.29, 0.717) is 12.1 Å². The molecule has 1 saturated carbocycles. The Balaban J connectivity index is 2.02. The molecule has 2 rings (SSSR count). The highest BCUT2D eigenvalue weighted by atomic mass is 16.5. The van der Waals surface area contributed by atoms with Crippen LogP contribution >= 0.6 is 0 Å². The van der Waals surface area contributed by atoms with Gasteiger partial charge < -0.3 is 15.0 Å². The number of nitrogens with one attached hydrogen (secondary N) is 1. The van der Waals surface area contributed by atoms with Gasteiger partial charge in [0.2, 0.25) is 0 Å². The zero-order valence-electron chi connectivity index (χ0n) is 13.8. The smallest absolute Gasteiger partial charge is 0.171 e. The molecule has 0 bridgehead atoms. The van der Waals surface area contributed by atoms with Crippen LogP contribution in [-0.2, 0) is 0 Å². The lowest BCUT2D eigenvalue weighted by Crippen LogP contribution is -2.41. The van der Waals surface area contributed by atoms with E-state index in [2.05, 4.69) is 43.0 Å². The van der Waals surface area contributed by atoms with Crippen LogP contribution in [0.1, 0.15) is 46.5 Å². The van der Waals surface area contributed by atoms with Gasteiger partial charge in [-0.05, 0) is 58.2 Å². The summed E-state index contributed by atoms with van der Waals surface area (Å²) in [5.74, 6) is 1.86. The maximum Gasteiger partial charge on any atom is 0.171 e. The van der Waals surface area contributed by atoms with Crippen molar-refractivity contribution in [2.24, 2.45) is 0 Å². The molecule has 0 atom stereocenters. The summed E-state index contributed by atoms with van der Waals surface area (Å²) in [5.41, 5.74) is 0. The molecule has 4 nitrogen and oxygen atoms in total. The summed E-state index contributed by atoms with van der Waals surface area (Å²) in [5, 5.41) is 3.56. The van der Waals surface area contributed by atoms with E-state index in [1.54, 1.807) is 0 Å². The van der Waals surface area contributed by atoms with E-state index in [4.69, 9.17) is 4.74 Å². The second-order valence-corrected chi connectivity index (χ2v) is 6.17. The quantitative estimate of drug-likeness (QED) is 0.873. The SMILES string of the molecule is CCNC1CCC(N(C)c2ncccc2OC(C)C)CC1. The molecular formula is C17H29N3O. The van der Waals surface area contributed by atoms with Crippen molar-refractivity contribution in [2.45, 2.75) is 64.6 Å². The fourth-order valence-corrected chi connectivity index (χ4v) is 3.12. The molecule has 1 aliphatic carbocycles. The second kappa shape index (κ2) is 7.64. The minimum Gasteiger partial charge on any atom is -0.487 e. The van der Waals surface area contributed by atoms with Crippen molar-refractivity contribution < 1.29 is 4.74 Å². The highest BCUT2D eigenvalue weighted by molar-refractivity contribution is 5.52. The lowest BCUT2D eigenvalue weighted by molar-refractivity contribution is 0.241. The number of nitrogens with zero attached hydrogens (tertiary/aromatic N) is 2. The highest BCUT2D eigenvalue weighted by Crippen LogP contribution is 2.31. The van der Waals surface area contributed by atoms with Crippen molar-refractivity contribution in [2.75, 3.05) is 18.5 Å². The van der Waals surface area contributed by atoms with Gasteiger partial charge in [-0.3, -0.25) is 0 Å². The summed E-state index contributed by atoms with van der Waals surface area (Å²) in [6.07, 6.45) is 6.94. The number of anilines is 1. The van der Waals surface area contributed by atoms with E-state index in [-0.39, 0.29) is 6.10 Å². The molecule has 0 unspecified atom stereocenters. The molecule has 1 fully saturated rings. The van der Waals surface area contributed by atoms with Crippen LogP contribution in [0, 0.1) is 0 Å². The molecule has 1 aromatic rings. The first-order valence-corrected chi connectivity index (χ1v) is 8.19. The van der Waals surface area contributed by atoms with E-state index in [1.165, 1.54) is 25.7 Å². The van der Waals surface area contributed by atoms with Gasteiger partial charge >= 0.3 is 0 Å². The van der Waals surface area contributed by atoms with E-state index >= 15 is 0 Å². The summed E-state index contributed by atoms with van der Waals surface area (Å²) < 4.78 is 5.90. The Labute approximate surface area is 128 Å². The Hall–Kier alpha value is -1.29. The lowest BCUT2D eigenvalue weighted by Gasteiger charge is -2.36. The molecule has 0 aromatic carbocycles. The summed E-state index contributed by atoms with van der Waals surface area (Å²) >= 11 is 0. The van der Waals surface area contributed by atoms with Gasteiger partial charge in [-0.15, -0.1) is 0 Å². The third kappa shape index (κ3) is 4.34. The zero-order chi connectivity index (χ0) is 15.2. The molecular weight excluding hydrogens is 262 g/mol. The molecule has 21 heavy (non-hydrogen) atoms. The molecule has 0 radical (unpaired) electrons. The Morgan fingerprint density at radius 1 is 1.33 bits per heavy atom. The monoisotopic (exact) mass is 291 g/mol. The first kappa shape index (κ1) is 16.1. The third-order valence-corrected chi connectivity index (χ3v) is 4.18. The average Bonchev–Trinajstić information content (AvgIpc) is 2.48. The van der Waals surface area contributed by atoms with Gasteiger partial charge in [0.1, 0.15) is 0 Å². The summed E-state index contributed by atoms with van der Waals surface area (Å²) in [7, 11) is 2.15. The van der Waals surface area contributed by atoms with Crippen LogP contribution in [0.25, 0.3) is 0 Å². The van der Waals surface area contributed by atoms with Gasteiger partial charge in [-0.1, -0.05) is 6.92 Å². The van der Waals surface area contributed by atoms with E-state index < -0.39 is 0 Å². The Kier molecular flexibility index (Phi) is 5.85. The van der Waals surface area contributed by atoms with Gasteiger partial charge in [0.15, 0.2) is 11.6 Å². The predicted octanol–water partition coefficient (Wildman–Crippen LogP) is 3.23. The van der Waals surface area contributed by atoms with Gasteiger partial charge in [0, 0.05) is 25.3 Å². The van der Waals surface area contributed by atoms with Crippen molar-refractivity contribution in [1.29, 1.82) is 0 Å². The number of ether oxygens (including phenoxy) is 1. The summed E-state index contributed by atoms with van der Waals surface area (Å²) in [4.78, 5) is 6.85. The van der Waals surface area contributed by atoms with Crippen molar-refractivity contribution in [1.82, 2.24) is 10.3 Å². The van der Waals surface area contributed by atoms with Crippen molar-refractivity contribution >= 4 is 5.82 Å². The molecule has 0 spiro atoms. The minimum absolute atomic E-state index is 0.172. The molecule has 1 heterocycles. The topological polar surface area (TPSA) is 37.4 Å². The molecule has 1 aliphatic rings. The van der Waals surface area contributed by atoms with E-state index in [9.17, 15) is 0 Å². The van der Waals surface area contributed by atoms with E-state index in [1.807, 2.05) is 18.3 Å². The number of aromatic nitrogens is 1. The number of rotatable bonds is 6. The molecule has 0 saturated heterocycles. The normalized spacial score (nSPS) is 22.3. The minimum atomic E-state index is 0.172. The molecule has 4 heteroatoms. The van der Waals surface area contributed by atoms with Crippen molar-refractivity contribution in [3.63, 3.8) is 0 Å². The van der Waals surface area contributed by atoms with Crippen LogP contribution in [0.5, 0.6) is 5.75 Å². The average molecular weight is 291 g/mol. The molecule has 0 amide bonds. The first-order valence-electron chi connectivity index (χ1n) is 8.19. The van der Waals surface area contributed by atoms with Crippen LogP contribution in [0.3, 0.4) is 0 Å². The summed E-state index contributed by atoms with van der Waals surface area (Å²) in [6.45, 7) is 7.36. The van der Waals surface area contributed by atoms with Crippen LogP contribution in [0.15, 0.2) is 18.3 Å². The van der Waals surface area contributed by atoms with Crippen molar-refractivity contribution in [3.8, 4) is 5.75 Å². The lowest BCUT2D eigenvalue weighted by atomic mass is 9.90. The Morgan fingerprint density at radius 3 is 2.67 bits per heavy atom. The van der Waals surface area contributed by atoms with Crippen LogP contribution in [0.4, 0.5) is 5.82 Å². The van der Waals surface area contributed by atoms with E-state index in [0.717, 1.165) is 18.1 Å². The number of hydrogen-bond donors (Lipinski definition) is 1. The van der Waals surface area contributed by atoms with Gasteiger partial charge in [0.25, 0.3) is 0 Å². The fourth-order valence-electron chi connectivity index (χ4n) is 3.12. The fraction of sp³-hybridized carbons (Fsp3) is 0.706. The Bertz CT molecular complexity index is 428. The molecule has 1 N–H and O–H groups in total. The number of pyridine rings is 1. The van der Waals surface area contributed by atoms with Crippen LogP contribution in [0.2, 0.25) is 0 Å². The Morgan fingerprint density at radius 2 is 2.05 bits per heavy atom. The maximum absolute atomic E-state index is 5.90. The zero-order valence-corrected chi connectivity index (χ0v) is 13.8. The molecule has 0 aliphatic heterocycles. The number of hydrogen-bond acceptors (Lipinski definition) is 4.